The molecule has 0 saturated carbocycles. The SMILES string of the molecule is CCC(=O)c1ccc(OCC(=O)N(C)Cc2cccc(Cl)c2)cc1. The van der Waals surface area contributed by atoms with Crippen molar-refractivity contribution >= 4 is 23.3 Å². The first-order valence-electron chi connectivity index (χ1n) is 7.74. The summed E-state index contributed by atoms with van der Waals surface area (Å²) < 4.78 is 5.49. The number of rotatable bonds is 7. The number of hydrogen-bond acceptors (Lipinski definition) is 3. The number of carbonyl (C=O) groups is 2. The third kappa shape index (κ3) is 5.10. The van der Waals surface area contributed by atoms with Crippen molar-refractivity contribution in [3.05, 3.63) is 64.7 Å². The minimum Gasteiger partial charge on any atom is -0.484 e. The summed E-state index contributed by atoms with van der Waals surface area (Å²) >= 11 is 5.94. The number of likely N-dealkylation sites (N-methyl/N-ethyl adjacent to an activating group) is 1. The molecule has 0 bridgehead atoms. The number of amides is 1. The summed E-state index contributed by atoms with van der Waals surface area (Å²) in [4.78, 5) is 25.3. The lowest BCUT2D eigenvalue weighted by atomic mass is 10.1. The van der Waals surface area contributed by atoms with Gasteiger partial charge in [0.2, 0.25) is 0 Å². The van der Waals surface area contributed by atoms with Crippen molar-refractivity contribution in [1.29, 1.82) is 0 Å². The van der Waals surface area contributed by atoms with Gasteiger partial charge in [-0.15, -0.1) is 0 Å². The summed E-state index contributed by atoms with van der Waals surface area (Å²) in [7, 11) is 1.72. The summed E-state index contributed by atoms with van der Waals surface area (Å²) in [5.74, 6) is 0.509. The maximum absolute atomic E-state index is 12.1. The number of Topliss-reactive ketones (excluding diaryl/α,β-unsaturated/α-hetero) is 1. The van der Waals surface area contributed by atoms with Gasteiger partial charge in [0, 0.05) is 30.6 Å². The molecule has 0 aliphatic carbocycles. The molecule has 0 aromatic heterocycles. The molecule has 5 heteroatoms. The molecule has 0 radical (unpaired) electrons. The van der Waals surface area contributed by atoms with E-state index < -0.39 is 0 Å². The molecule has 0 fully saturated rings. The molecule has 2 aromatic carbocycles. The Kier molecular flexibility index (Phi) is 6.38. The fourth-order valence-corrected chi connectivity index (χ4v) is 2.41. The fourth-order valence-electron chi connectivity index (χ4n) is 2.19. The highest BCUT2D eigenvalue weighted by atomic mass is 35.5. The molecule has 0 heterocycles. The van der Waals surface area contributed by atoms with Crippen LogP contribution in [0.15, 0.2) is 48.5 Å². The van der Waals surface area contributed by atoms with Crippen LogP contribution in [0.1, 0.15) is 29.3 Å². The number of ketones is 1. The number of hydrogen-bond donors (Lipinski definition) is 0. The van der Waals surface area contributed by atoms with Gasteiger partial charge < -0.3 is 9.64 Å². The Hall–Kier alpha value is -2.33. The summed E-state index contributed by atoms with van der Waals surface area (Å²) in [5, 5.41) is 0.645. The highest BCUT2D eigenvalue weighted by molar-refractivity contribution is 6.30. The molecule has 0 spiro atoms. The minimum atomic E-state index is -0.135. The fraction of sp³-hybridized carbons (Fsp3) is 0.263. The zero-order chi connectivity index (χ0) is 17.5. The molecule has 0 atom stereocenters. The third-order valence-electron chi connectivity index (χ3n) is 3.59. The lowest BCUT2D eigenvalue weighted by Gasteiger charge is -2.17. The topological polar surface area (TPSA) is 46.6 Å². The molecule has 24 heavy (non-hydrogen) atoms. The largest absolute Gasteiger partial charge is 0.484 e. The Morgan fingerprint density at radius 3 is 2.46 bits per heavy atom. The molecular formula is C19H20ClNO3. The van der Waals surface area contributed by atoms with Gasteiger partial charge in [0.1, 0.15) is 5.75 Å². The van der Waals surface area contributed by atoms with Crippen molar-refractivity contribution in [3.63, 3.8) is 0 Å². The van der Waals surface area contributed by atoms with Gasteiger partial charge in [0.15, 0.2) is 12.4 Å². The van der Waals surface area contributed by atoms with Crippen molar-refractivity contribution in [2.45, 2.75) is 19.9 Å². The van der Waals surface area contributed by atoms with Crippen molar-refractivity contribution in [2.24, 2.45) is 0 Å². The van der Waals surface area contributed by atoms with Crippen LogP contribution in [0.2, 0.25) is 5.02 Å². The molecule has 1 amide bonds. The molecular weight excluding hydrogens is 326 g/mol. The normalized spacial score (nSPS) is 10.3. The second-order valence-corrected chi connectivity index (χ2v) is 5.91. The zero-order valence-corrected chi connectivity index (χ0v) is 14.5. The quantitative estimate of drug-likeness (QED) is 0.713. The Labute approximate surface area is 147 Å². The predicted octanol–water partition coefficient (Wildman–Crippen LogP) is 3.97. The average molecular weight is 346 g/mol. The number of ether oxygens (including phenoxy) is 1. The lowest BCUT2D eigenvalue weighted by Crippen LogP contribution is -2.30. The molecule has 0 aliphatic heterocycles. The average Bonchev–Trinajstić information content (AvgIpc) is 2.59. The van der Waals surface area contributed by atoms with E-state index in [0.717, 1.165) is 5.56 Å². The molecule has 0 unspecified atom stereocenters. The molecule has 2 rings (SSSR count). The highest BCUT2D eigenvalue weighted by Gasteiger charge is 2.11. The number of carbonyl (C=O) groups excluding carboxylic acids is 2. The molecule has 0 N–H and O–H groups in total. The number of halogens is 1. The Morgan fingerprint density at radius 1 is 1.12 bits per heavy atom. The zero-order valence-electron chi connectivity index (χ0n) is 13.8. The van der Waals surface area contributed by atoms with Crippen LogP contribution in [0.25, 0.3) is 0 Å². The van der Waals surface area contributed by atoms with E-state index in [0.29, 0.717) is 29.3 Å². The van der Waals surface area contributed by atoms with E-state index in [-0.39, 0.29) is 18.3 Å². The van der Waals surface area contributed by atoms with Gasteiger partial charge >= 0.3 is 0 Å². The van der Waals surface area contributed by atoms with Gasteiger partial charge in [-0.05, 0) is 42.0 Å². The molecule has 0 saturated heterocycles. The summed E-state index contributed by atoms with van der Waals surface area (Å²) in [6, 6.07) is 14.2. The van der Waals surface area contributed by atoms with E-state index in [4.69, 9.17) is 16.3 Å². The van der Waals surface area contributed by atoms with E-state index in [1.165, 1.54) is 0 Å². The van der Waals surface area contributed by atoms with E-state index in [1.54, 1.807) is 42.3 Å². The minimum absolute atomic E-state index is 0.0574. The molecule has 0 aliphatic rings. The van der Waals surface area contributed by atoms with Gasteiger partial charge in [-0.3, -0.25) is 9.59 Å². The Morgan fingerprint density at radius 2 is 1.83 bits per heavy atom. The van der Waals surface area contributed by atoms with Gasteiger partial charge in [-0.2, -0.15) is 0 Å². The van der Waals surface area contributed by atoms with Gasteiger partial charge in [-0.25, -0.2) is 0 Å². The van der Waals surface area contributed by atoms with Crippen molar-refractivity contribution in [2.75, 3.05) is 13.7 Å². The van der Waals surface area contributed by atoms with E-state index in [1.807, 2.05) is 25.1 Å². The standard InChI is InChI=1S/C19H20ClNO3/c1-3-18(22)15-7-9-17(10-8-15)24-13-19(23)21(2)12-14-5-4-6-16(20)11-14/h4-11H,3,12-13H2,1-2H3. The maximum Gasteiger partial charge on any atom is 0.260 e. The highest BCUT2D eigenvalue weighted by Crippen LogP contribution is 2.15. The van der Waals surface area contributed by atoms with Crippen LogP contribution in [0.4, 0.5) is 0 Å². The molecule has 4 nitrogen and oxygen atoms in total. The van der Waals surface area contributed by atoms with Crippen LogP contribution < -0.4 is 4.74 Å². The second kappa shape index (κ2) is 8.50. The smallest absolute Gasteiger partial charge is 0.260 e. The van der Waals surface area contributed by atoms with Crippen LogP contribution in [0.3, 0.4) is 0 Å². The first-order chi connectivity index (χ1) is 11.5. The van der Waals surface area contributed by atoms with Gasteiger partial charge in [0.25, 0.3) is 5.91 Å². The monoisotopic (exact) mass is 345 g/mol. The van der Waals surface area contributed by atoms with Crippen LogP contribution in [-0.2, 0) is 11.3 Å². The first-order valence-corrected chi connectivity index (χ1v) is 8.12. The summed E-state index contributed by atoms with van der Waals surface area (Å²) in [6.07, 6.45) is 0.465. The van der Waals surface area contributed by atoms with E-state index in [9.17, 15) is 9.59 Å². The van der Waals surface area contributed by atoms with Crippen LogP contribution in [0, 0.1) is 0 Å². The molecule has 126 valence electrons. The third-order valence-corrected chi connectivity index (χ3v) is 3.83. The van der Waals surface area contributed by atoms with Crippen LogP contribution >= 0.6 is 11.6 Å². The van der Waals surface area contributed by atoms with Crippen molar-refractivity contribution < 1.29 is 14.3 Å². The van der Waals surface area contributed by atoms with Gasteiger partial charge in [-0.1, -0.05) is 30.7 Å². The summed E-state index contributed by atoms with van der Waals surface area (Å²) in [5.41, 5.74) is 1.61. The summed E-state index contributed by atoms with van der Waals surface area (Å²) in [6.45, 7) is 2.23. The van der Waals surface area contributed by atoms with Crippen molar-refractivity contribution in [1.82, 2.24) is 4.90 Å². The Balaban J connectivity index is 1.87. The van der Waals surface area contributed by atoms with E-state index >= 15 is 0 Å². The second-order valence-electron chi connectivity index (χ2n) is 5.47. The van der Waals surface area contributed by atoms with Crippen LogP contribution in [0.5, 0.6) is 5.75 Å². The van der Waals surface area contributed by atoms with E-state index in [2.05, 4.69) is 0 Å². The maximum atomic E-state index is 12.1. The molecule has 2 aromatic rings. The lowest BCUT2D eigenvalue weighted by molar-refractivity contribution is -0.132. The van der Waals surface area contributed by atoms with Gasteiger partial charge in [0.05, 0.1) is 0 Å². The van der Waals surface area contributed by atoms with Crippen molar-refractivity contribution in [3.8, 4) is 5.75 Å². The number of nitrogens with zero attached hydrogens (tertiary/aromatic N) is 1. The first kappa shape index (κ1) is 18.0. The Bertz CT molecular complexity index is 713. The number of benzene rings is 2. The van der Waals surface area contributed by atoms with Crippen LogP contribution in [-0.4, -0.2) is 30.2 Å². The predicted molar refractivity (Wildman–Crippen MR) is 94.5 cm³/mol.